The van der Waals surface area contributed by atoms with Crippen LogP contribution in [0.4, 0.5) is 19.7 Å². The molecule has 1 aliphatic heterocycles. The molecule has 1 aliphatic rings. The van der Waals surface area contributed by atoms with E-state index < -0.39 is 11.6 Å². The Morgan fingerprint density at radius 2 is 1.94 bits per heavy atom. The number of aromatic nitrogens is 3. The average molecular weight is 487 g/mol. The largest absolute Gasteiger partial charge is 0.375 e. The van der Waals surface area contributed by atoms with Crippen LogP contribution in [0.3, 0.4) is 0 Å². The second-order valence-electron chi connectivity index (χ2n) is 7.48. The van der Waals surface area contributed by atoms with Crippen LogP contribution in [0.15, 0.2) is 37.2 Å². The van der Waals surface area contributed by atoms with Gasteiger partial charge in [-0.3, -0.25) is 4.79 Å². The zero-order chi connectivity index (χ0) is 23.3. The minimum atomic E-state index is -0.652. The van der Waals surface area contributed by atoms with E-state index in [9.17, 15) is 9.18 Å². The second-order valence-corrected chi connectivity index (χ2v) is 8.92. The first kappa shape index (κ1) is 21.5. The molecule has 3 heterocycles. The topological polar surface area (TPSA) is 88.2 Å². The molecule has 0 spiro atoms. The molecule has 5 rings (SSSR count). The molecule has 11 heteroatoms. The van der Waals surface area contributed by atoms with Crippen molar-refractivity contribution in [3.8, 4) is 11.1 Å². The number of fused-ring (bicyclic) bond motifs is 2. The number of carbonyl (C=O) groups excluding carboxylic acids is 1. The summed E-state index contributed by atoms with van der Waals surface area (Å²) in [6.07, 6.45) is 2.58. The maximum Gasteiger partial charge on any atom is 0.246 e. The summed E-state index contributed by atoms with van der Waals surface area (Å²) in [4.78, 5) is 28.2. The first-order valence-corrected chi connectivity index (χ1v) is 11.2. The molecule has 2 N–H and O–H groups in total. The Kier molecular flexibility index (Phi) is 5.34. The van der Waals surface area contributed by atoms with E-state index in [0.29, 0.717) is 42.9 Å². The molecule has 168 valence electrons. The number of rotatable bonds is 3. The summed E-state index contributed by atoms with van der Waals surface area (Å²) in [7, 11) is 0. The highest BCUT2D eigenvalue weighted by atomic mass is 35.5. The Bertz CT molecular complexity index is 1430. The molecule has 2 aromatic carbocycles. The predicted molar refractivity (Wildman–Crippen MR) is 126 cm³/mol. The fraction of sp³-hybridized carbons (Fsp3) is 0.182. The van der Waals surface area contributed by atoms with Crippen molar-refractivity contribution >= 4 is 60.9 Å². The van der Waals surface area contributed by atoms with E-state index in [-0.39, 0.29) is 37.4 Å². The molecule has 0 unspecified atom stereocenters. The Morgan fingerprint density at radius 1 is 1.18 bits per heavy atom. The lowest BCUT2D eigenvalue weighted by Crippen LogP contribution is -2.48. The van der Waals surface area contributed by atoms with E-state index in [1.807, 2.05) is 4.90 Å². The highest BCUT2D eigenvalue weighted by molar-refractivity contribution is 7.22. The van der Waals surface area contributed by atoms with E-state index in [2.05, 4.69) is 21.5 Å². The SMILES string of the molecule is C=CC(=O)N1CCN(c2ncnc3c(F)c(-c4ccc(F)c5sc(N)nc45)c(Cl)cc23)CC1. The van der Waals surface area contributed by atoms with Gasteiger partial charge in [-0.2, -0.15) is 0 Å². The van der Waals surface area contributed by atoms with Crippen LogP contribution in [0.25, 0.3) is 32.2 Å². The van der Waals surface area contributed by atoms with E-state index in [1.165, 1.54) is 24.5 Å². The third-order valence-corrected chi connectivity index (χ3v) is 6.84. The third kappa shape index (κ3) is 3.55. The zero-order valence-electron chi connectivity index (χ0n) is 17.2. The zero-order valence-corrected chi connectivity index (χ0v) is 18.8. The van der Waals surface area contributed by atoms with Crippen LogP contribution >= 0.6 is 22.9 Å². The lowest BCUT2D eigenvalue weighted by Gasteiger charge is -2.35. The second kappa shape index (κ2) is 8.20. The van der Waals surface area contributed by atoms with Crippen molar-refractivity contribution < 1.29 is 13.6 Å². The van der Waals surface area contributed by atoms with Gasteiger partial charge in [0.2, 0.25) is 5.91 Å². The van der Waals surface area contributed by atoms with Gasteiger partial charge in [-0.15, -0.1) is 0 Å². The molecular weight excluding hydrogens is 470 g/mol. The Balaban J connectivity index is 1.61. The van der Waals surface area contributed by atoms with Crippen molar-refractivity contribution in [3.63, 3.8) is 0 Å². The number of hydrogen-bond acceptors (Lipinski definition) is 7. The normalized spacial score (nSPS) is 14.3. The van der Waals surface area contributed by atoms with Gasteiger partial charge in [0.15, 0.2) is 10.9 Å². The maximum atomic E-state index is 15.8. The van der Waals surface area contributed by atoms with Gasteiger partial charge in [0, 0.05) is 42.7 Å². The van der Waals surface area contributed by atoms with E-state index in [0.717, 1.165) is 11.3 Å². The van der Waals surface area contributed by atoms with Crippen molar-refractivity contribution in [1.29, 1.82) is 0 Å². The lowest BCUT2D eigenvalue weighted by molar-refractivity contribution is -0.126. The molecular formula is C22H17ClF2N6OS. The molecule has 0 aliphatic carbocycles. The number of thiazole rings is 1. The average Bonchev–Trinajstić information content (AvgIpc) is 3.22. The van der Waals surface area contributed by atoms with Gasteiger partial charge >= 0.3 is 0 Å². The molecule has 4 aromatic rings. The number of benzene rings is 2. The van der Waals surface area contributed by atoms with Gasteiger partial charge in [-0.05, 0) is 24.3 Å². The smallest absolute Gasteiger partial charge is 0.246 e. The highest BCUT2D eigenvalue weighted by Gasteiger charge is 2.25. The summed E-state index contributed by atoms with van der Waals surface area (Å²) >= 11 is 7.54. The van der Waals surface area contributed by atoms with Crippen molar-refractivity contribution in [1.82, 2.24) is 19.9 Å². The minimum Gasteiger partial charge on any atom is -0.375 e. The van der Waals surface area contributed by atoms with Crippen LogP contribution in [0.2, 0.25) is 5.02 Å². The lowest BCUT2D eigenvalue weighted by atomic mass is 10.0. The van der Waals surface area contributed by atoms with Crippen LogP contribution < -0.4 is 10.6 Å². The summed E-state index contributed by atoms with van der Waals surface area (Å²) < 4.78 is 30.3. The van der Waals surface area contributed by atoms with Gasteiger partial charge in [0.1, 0.15) is 23.5 Å². The van der Waals surface area contributed by atoms with Gasteiger partial charge in [-0.25, -0.2) is 23.7 Å². The number of piperazine rings is 1. The summed E-state index contributed by atoms with van der Waals surface area (Å²) in [5, 5.41) is 0.742. The monoisotopic (exact) mass is 486 g/mol. The Labute approximate surface area is 196 Å². The molecule has 1 saturated heterocycles. The van der Waals surface area contributed by atoms with Crippen molar-refractivity contribution in [2.45, 2.75) is 0 Å². The summed E-state index contributed by atoms with van der Waals surface area (Å²) in [5.41, 5.74) is 6.51. The van der Waals surface area contributed by atoms with Gasteiger partial charge in [-0.1, -0.05) is 29.5 Å². The van der Waals surface area contributed by atoms with Crippen molar-refractivity contribution in [2.24, 2.45) is 0 Å². The van der Waals surface area contributed by atoms with Gasteiger partial charge in [0.05, 0.1) is 15.2 Å². The summed E-state index contributed by atoms with van der Waals surface area (Å²) in [6.45, 7) is 5.53. The molecule has 2 aromatic heterocycles. The third-order valence-electron chi connectivity index (χ3n) is 5.65. The molecule has 0 radical (unpaired) electrons. The Morgan fingerprint density at radius 3 is 2.67 bits per heavy atom. The maximum absolute atomic E-state index is 15.8. The molecule has 33 heavy (non-hydrogen) atoms. The fourth-order valence-corrected chi connectivity index (χ4v) is 5.13. The molecule has 1 fully saturated rings. The first-order chi connectivity index (χ1) is 15.9. The van der Waals surface area contributed by atoms with E-state index in [4.69, 9.17) is 17.3 Å². The van der Waals surface area contributed by atoms with Crippen molar-refractivity contribution in [2.75, 3.05) is 36.8 Å². The number of amides is 1. The number of anilines is 2. The van der Waals surface area contributed by atoms with E-state index in [1.54, 1.807) is 11.0 Å². The summed E-state index contributed by atoms with van der Waals surface area (Å²) in [6, 6.07) is 4.28. The van der Waals surface area contributed by atoms with Gasteiger partial charge in [0.25, 0.3) is 0 Å². The first-order valence-electron chi connectivity index (χ1n) is 10.0. The van der Waals surface area contributed by atoms with Crippen LogP contribution in [0.1, 0.15) is 0 Å². The molecule has 1 amide bonds. The van der Waals surface area contributed by atoms with Gasteiger partial charge < -0.3 is 15.5 Å². The number of halogens is 3. The molecule has 0 atom stereocenters. The number of nitrogen functional groups attached to an aromatic ring is 1. The highest BCUT2D eigenvalue weighted by Crippen LogP contribution is 2.42. The molecule has 7 nitrogen and oxygen atoms in total. The fourth-order valence-electron chi connectivity index (χ4n) is 4.08. The van der Waals surface area contributed by atoms with Crippen LogP contribution in [-0.2, 0) is 4.79 Å². The number of carbonyl (C=O) groups is 1. The minimum absolute atomic E-state index is 0.0746. The van der Waals surface area contributed by atoms with Crippen LogP contribution in [-0.4, -0.2) is 51.9 Å². The number of nitrogens with two attached hydrogens (primary N) is 1. The Hall–Kier alpha value is -3.37. The molecule has 0 bridgehead atoms. The quantitative estimate of drug-likeness (QED) is 0.435. The standard InChI is InChI=1S/C22H17ClF2N6OS/c1-2-15(32)30-5-7-31(8-6-30)21-12-9-13(23)16(17(25)18(12)27-10-28-21)11-3-4-14(24)20-19(11)29-22(26)33-20/h2-4,9-10H,1,5-8H2,(H2,26,29). The van der Waals surface area contributed by atoms with Crippen LogP contribution in [0.5, 0.6) is 0 Å². The van der Waals surface area contributed by atoms with E-state index >= 15 is 4.39 Å². The predicted octanol–water partition coefficient (Wildman–Crippen LogP) is 4.25. The van der Waals surface area contributed by atoms with Crippen molar-refractivity contribution in [3.05, 3.63) is 53.8 Å². The van der Waals surface area contributed by atoms with Crippen LogP contribution in [0, 0.1) is 11.6 Å². The summed E-state index contributed by atoms with van der Waals surface area (Å²) in [5.74, 6) is -0.741. The molecule has 0 saturated carbocycles. The number of nitrogens with zero attached hydrogens (tertiary/aromatic N) is 5. The number of hydrogen-bond donors (Lipinski definition) is 1.